The van der Waals surface area contributed by atoms with E-state index in [1.54, 1.807) is 68.0 Å². The van der Waals surface area contributed by atoms with E-state index < -0.39 is 0 Å². The molecule has 0 unspecified atom stereocenters. The number of thiazole rings is 2. The van der Waals surface area contributed by atoms with E-state index in [-0.39, 0.29) is 0 Å². The molecule has 94 heavy (non-hydrogen) atoms. The average Bonchev–Trinajstić information content (AvgIpc) is 1.59. The summed E-state index contributed by atoms with van der Waals surface area (Å²) >= 11 is 10.7. The summed E-state index contributed by atoms with van der Waals surface area (Å²) in [5.74, 6) is 4.01. The minimum absolute atomic E-state index is 0.661. The molecule has 0 N–H and O–H groups in total. The summed E-state index contributed by atoms with van der Waals surface area (Å²) in [7, 11) is 0. The van der Waals surface area contributed by atoms with Crippen LogP contribution in [0.2, 0.25) is 0 Å². The van der Waals surface area contributed by atoms with E-state index in [1.165, 1.54) is 79.3 Å². The number of nitrogens with zero attached hydrogens (tertiary/aromatic N) is 8. The predicted molar refractivity (Wildman–Crippen MR) is 401 cm³/mol. The van der Waals surface area contributed by atoms with Crippen LogP contribution >= 0.6 is 68.0 Å². The van der Waals surface area contributed by atoms with Crippen LogP contribution < -0.4 is 0 Å². The number of benzene rings is 12. The Bertz CT molecular complexity index is 6330. The molecule has 0 bridgehead atoms. The monoisotopic (exact) mass is 1310 g/mol. The lowest BCUT2D eigenvalue weighted by molar-refractivity contribution is 1.08. The third-order valence-corrected chi connectivity index (χ3v) is 24.1. The number of aromatic nitrogens is 8. The van der Waals surface area contributed by atoms with Crippen molar-refractivity contribution < 1.29 is 0 Å². The molecule has 0 spiro atoms. The van der Waals surface area contributed by atoms with Crippen molar-refractivity contribution >= 4 is 169 Å². The Kier molecular flexibility index (Phi) is 13.2. The van der Waals surface area contributed by atoms with Crippen molar-refractivity contribution in [3.05, 3.63) is 267 Å². The van der Waals surface area contributed by atoms with E-state index in [2.05, 4.69) is 218 Å². The number of fused-ring (bicyclic) bond motifs is 14. The van der Waals surface area contributed by atoms with Crippen molar-refractivity contribution in [1.29, 1.82) is 0 Å². The van der Waals surface area contributed by atoms with Gasteiger partial charge in [0.05, 0.1) is 20.4 Å². The van der Waals surface area contributed by atoms with Gasteiger partial charge in [-0.25, -0.2) is 39.9 Å². The molecule has 0 saturated heterocycles. The first-order valence-corrected chi connectivity index (χ1v) is 35.5. The van der Waals surface area contributed by atoms with Crippen LogP contribution in [-0.2, 0) is 0 Å². The van der Waals surface area contributed by atoms with Crippen LogP contribution in [0.25, 0.3) is 191 Å². The summed E-state index contributed by atoms with van der Waals surface area (Å²) in [5, 5.41) is 11.8. The van der Waals surface area contributed by atoms with Crippen LogP contribution in [0.15, 0.2) is 267 Å². The molecule has 440 valence electrons. The van der Waals surface area contributed by atoms with E-state index in [4.69, 9.17) is 39.9 Å². The standard InChI is InChI=1S/2C40H22N4S3/c1-2-11-23(12-3-1)37-42-38(44-39(43-37)28-17-8-14-25-24-13-4-6-20-31(24)45-35(25)28)27-16-10-22-33-34(27)26-15-9-18-29(36(26)46-33)40-41-30-19-5-7-21-32(30)47-40;1-2-10-23(11-3-1)37-42-38(24-20-21-26-25-12-4-6-17-31(25)45-34(26)22-24)44-39(43-37)28-14-9-19-33-35(28)27-13-8-15-29(36(27)46-33)40-41-30-16-5-7-18-32(30)47-40/h2*1-22H. The lowest BCUT2D eigenvalue weighted by Gasteiger charge is -2.10. The second-order valence-corrected chi connectivity index (χ2v) is 29.1. The first-order chi connectivity index (χ1) is 46.5. The van der Waals surface area contributed by atoms with Crippen LogP contribution in [0.4, 0.5) is 0 Å². The minimum atomic E-state index is 0.661. The zero-order valence-corrected chi connectivity index (χ0v) is 54.3. The average molecular weight is 1310 g/mol. The Morgan fingerprint density at radius 1 is 0.191 bits per heavy atom. The molecule has 0 radical (unpaired) electrons. The van der Waals surface area contributed by atoms with E-state index in [1.807, 2.05) is 48.5 Å². The van der Waals surface area contributed by atoms with Crippen LogP contribution in [0.5, 0.6) is 0 Å². The van der Waals surface area contributed by atoms with Gasteiger partial charge in [0.2, 0.25) is 0 Å². The van der Waals surface area contributed by atoms with E-state index in [9.17, 15) is 0 Å². The molecule has 8 nitrogen and oxygen atoms in total. The summed E-state index contributed by atoms with van der Waals surface area (Å²) in [5.41, 5.74) is 10.3. The van der Waals surface area contributed by atoms with Crippen molar-refractivity contribution in [3.8, 4) is 89.5 Å². The zero-order chi connectivity index (χ0) is 61.8. The van der Waals surface area contributed by atoms with Crippen molar-refractivity contribution in [2.24, 2.45) is 0 Å². The molecule has 8 heterocycles. The fourth-order valence-corrected chi connectivity index (χ4v) is 19.8. The molecule has 20 aromatic rings. The lowest BCUT2D eigenvalue weighted by atomic mass is 10.0. The Balaban J connectivity index is 0.000000133. The molecule has 0 fully saturated rings. The highest BCUT2D eigenvalue weighted by atomic mass is 32.1. The molecule has 20 rings (SSSR count). The number of hydrogen-bond donors (Lipinski definition) is 0. The summed E-state index contributed by atoms with van der Waals surface area (Å²) in [6.07, 6.45) is 0. The van der Waals surface area contributed by atoms with E-state index in [0.717, 1.165) is 76.3 Å². The smallest absolute Gasteiger partial charge is 0.165 e. The predicted octanol–water partition coefficient (Wildman–Crippen LogP) is 23.8. The maximum Gasteiger partial charge on any atom is 0.165 e. The van der Waals surface area contributed by atoms with Crippen LogP contribution in [0.3, 0.4) is 0 Å². The SMILES string of the molecule is c1ccc(-c2nc(-c3ccc4c(c3)sc3ccccc34)nc(-c3cccc4sc5c(-c6nc7ccccc7s6)cccc5c34)n2)cc1.c1ccc(-c2nc(-c3cccc4c3sc3ccccc34)nc(-c3cccc4sc5c(-c6nc7ccccc7s6)cccc5c34)n2)cc1. The molecule has 0 aliphatic rings. The van der Waals surface area contributed by atoms with Crippen molar-refractivity contribution in [1.82, 2.24) is 39.9 Å². The molecular weight excluding hydrogens is 1270 g/mol. The van der Waals surface area contributed by atoms with Gasteiger partial charge in [-0.05, 0) is 60.7 Å². The van der Waals surface area contributed by atoms with Gasteiger partial charge in [-0.15, -0.1) is 68.0 Å². The number of hydrogen-bond acceptors (Lipinski definition) is 14. The normalized spacial score (nSPS) is 11.8. The maximum atomic E-state index is 5.24. The molecule has 0 atom stereocenters. The molecule has 14 heteroatoms. The van der Waals surface area contributed by atoms with E-state index >= 15 is 0 Å². The molecule has 8 aromatic heterocycles. The Morgan fingerprint density at radius 2 is 0.553 bits per heavy atom. The van der Waals surface area contributed by atoms with Gasteiger partial charge in [-0.2, -0.15) is 0 Å². The number of rotatable bonds is 8. The van der Waals surface area contributed by atoms with Gasteiger partial charge in [0, 0.05) is 125 Å². The third kappa shape index (κ3) is 9.39. The topological polar surface area (TPSA) is 103 Å². The van der Waals surface area contributed by atoms with Gasteiger partial charge in [0.25, 0.3) is 0 Å². The summed E-state index contributed by atoms with van der Waals surface area (Å²) in [6.45, 7) is 0. The first kappa shape index (κ1) is 55.0. The van der Waals surface area contributed by atoms with Gasteiger partial charge in [0.15, 0.2) is 34.9 Å². The van der Waals surface area contributed by atoms with Gasteiger partial charge >= 0.3 is 0 Å². The fourth-order valence-electron chi connectivity index (χ4n) is 12.8. The molecular formula is C80H44N8S6. The summed E-state index contributed by atoms with van der Waals surface area (Å²) in [4.78, 5) is 40.8. The van der Waals surface area contributed by atoms with Crippen LogP contribution in [0.1, 0.15) is 0 Å². The maximum absolute atomic E-state index is 5.24. The highest BCUT2D eigenvalue weighted by Crippen LogP contribution is 2.48. The van der Waals surface area contributed by atoms with Crippen LogP contribution in [0, 0.1) is 0 Å². The Morgan fingerprint density at radius 3 is 1.11 bits per heavy atom. The highest BCUT2D eigenvalue weighted by Gasteiger charge is 2.23. The number of para-hydroxylation sites is 2. The highest BCUT2D eigenvalue weighted by molar-refractivity contribution is 7.28. The second kappa shape index (κ2) is 22.6. The largest absolute Gasteiger partial charge is 0.236 e. The lowest BCUT2D eigenvalue weighted by Crippen LogP contribution is -2.00. The van der Waals surface area contributed by atoms with Crippen molar-refractivity contribution in [2.45, 2.75) is 0 Å². The van der Waals surface area contributed by atoms with E-state index in [0.29, 0.717) is 34.9 Å². The Hall–Kier alpha value is -10.7. The first-order valence-electron chi connectivity index (χ1n) is 30.6. The third-order valence-electron chi connectivity index (χ3n) is 17.2. The molecule has 0 saturated carbocycles. The molecule has 12 aromatic carbocycles. The van der Waals surface area contributed by atoms with Crippen LogP contribution in [-0.4, -0.2) is 39.9 Å². The van der Waals surface area contributed by atoms with Crippen molar-refractivity contribution in [3.63, 3.8) is 0 Å². The van der Waals surface area contributed by atoms with Gasteiger partial charge < -0.3 is 0 Å². The summed E-state index contributed by atoms with van der Waals surface area (Å²) in [6, 6.07) is 93.2. The minimum Gasteiger partial charge on any atom is -0.236 e. The van der Waals surface area contributed by atoms with Crippen molar-refractivity contribution in [2.75, 3.05) is 0 Å². The van der Waals surface area contributed by atoms with Gasteiger partial charge in [-0.3, -0.25) is 0 Å². The molecule has 0 amide bonds. The van der Waals surface area contributed by atoms with Gasteiger partial charge in [0.1, 0.15) is 10.0 Å². The fraction of sp³-hybridized carbons (Fsp3) is 0. The van der Waals surface area contributed by atoms with Gasteiger partial charge in [-0.1, -0.05) is 206 Å². The zero-order valence-electron chi connectivity index (χ0n) is 49.4. The summed E-state index contributed by atoms with van der Waals surface area (Å²) < 4.78 is 12.2. The number of thiophene rings is 4. The molecule has 0 aliphatic carbocycles. The Labute approximate surface area is 560 Å². The quantitative estimate of drug-likeness (QED) is 0.148. The molecule has 0 aliphatic heterocycles. The second-order valence-electron chi connectivity index (χ2n) is 22.8.